The van der Waals surface area contributed by atoms with Crippen LogP contribution in [0, 0.1) is 0 Å². The lowest BCUT2D eigenvalue weighted by Gasteiger charge is -2.40. The van der Waals surface area contributed by atoms with E-state index in [-0.39, 0.29) is 5.91 Å². The summed E-state index contributed by atoms with van der Waals surface area (Å²) in [6, 6.07) is 13.0. The van der Waals surface area contributed by atoms with E-state index in [1.54, 1.807) is 0 Å². The van der Waals surface area contributed by atoms with Crippen LogP contribution in [0.5, 0.6) is 0 Å². The first-order chi connectivity index (χ1) is 13.0. The van der Waals surface area contributed by atoms with Crippen molar-refractivity contribution in [3.05, 3.63) is 53.3 Å². The Bertz CT molecular complexity index is 727. The second kappa shape index (κ2) is 9.15. The Hall–Kier alpha value is -2.18. The number of nitrogens with one attached hydrogen (secondary N) is 2. The van der Waals surface area contributed by atoms with Gasteiger partial charge in [0, 0.05) is 44.5 Å². The van der Waals surface area contributed by atoms with Gasteiger partial charge in [0.25, 0.3) is 5.91 Å². The van der Waals surface area contributed by atoms with Gasteiger partial charge in [0.15, 0.2) is 0 Å². The summed E-state index contributed by atoms with van der Waals surface area (Å²) in [6.45, 7) is 8.98. The average Bonchev–Trinajstić information content (AvgIpc) is 3.17. The fraction of sp³-hybridized carbons (Fsp3) is 0.524. The molecular weight excluding hydrogens is 338 g/mol. The van der Waals surface area contributed by atoms with Gasteiger partial charge in [-0.05, 0) is 31.0 Å². The third-order valence-electron chi connectivity index (χ3n) is 5.24. The van der Waals surface area contributed by atoms with E-state index in [9.17, 15) is 4.79 Å². The molecule has 6 heteroatoms. The van der Waals surface area contributed by atoms with E-state index in [2.05, 4.69) is 76.5 Å². The summed E-state index contributed by atoms with van der Waals surface area (Å²) in [5, 5.41) is 10.0. The number of H-pyrrole nitrogens is 1. The van der Waals surface area contributed by atoms with Gasteiger partial charge in [-0.2, -0.15) is 5.10 Å². The maximum Gasteiger partial charge on any atom is 0.271 e. The van der Waals surface area contributed by atoms with Gasteiger partial charge in [0.2, 0.25) is 0 Å². The molecule has 1 saturated heterocycles. The van der Waals surface area contributed by atoms with E-state index < -0.39 is 0 Å². The van der Waals surface area contributed by atoms with Crippen LogP contribution in [0.15, 0.2) is 36.4 Å². The summed E-state index contributed by atoms with van der Waals surface area (Å²) in [5.74, 6) is 0.238. The summed E-state index contributed by atoms with van der Waals surface area (Å²) in [6.07, 6.45) is 0.931. The zero-order valence-corrected chi connectivity index (χ0v) is 16.6. The van der Waals surface area contributed by atoms with E-state index in [4.69, 9.17) is 0 Å². The minimum atomic E-state index is -0.101. The van der Waals surface area contributed by atoms with Gasteiger partial charge < -0.3 is 10.2 Å². The largest absolute Gasteiger partial charge is 0.351 e. The molecule has 1 amide bonds. The number of carbonyl (C=O) groups excluding carboxylic acids is 1. The van der Waals surface area contributed by atoms with Crippen LogP contribution in [0.3, 0.4) is 0 Å². The van der Waals surface area contributed by atoms with Crippen molar-refractivity contribution < 1.29 is 4.79 Å². The van der Waals surface area contributed by atoms with Crippen LogP contribution in [0.25, 0.3) is 0 Å². The summed E-state index contributed by atoms with van der Waals surface area (Å²) in [4.78, 5) is 17.2. The molecule has 1 aromatic heterocycles. The van der Waals surface area contributed by atoms with Crippen molar-refractivity contribution in [2.75, 3.05) is 39.8 Å². The number of hydrogen-bond donors (Lipinski definition) is 2. The van der Waals surface area contributed by atoms with Gasteiger partial charge in [-0.15, -0.1) is 0 Å². The number of benzene rings is 1. The molecule has 0 radical (unpaired) electrons. The highest BCUT2D eigenvalue weighted by Crippen LogP contribution is 2.24. The summed E-state index contributed by atoms with van der Waals surface area (Å²) in [5.41, 5.74) is 2.83. The van der Waals surface area contributed by atoms with Crippen LogP contribution < -0.4 is 5.32 Å². The van der Waals surface area contributed by atoms with Gasteiger partial charge in [-0.25, -0.2) is 0 Å². The number of likely N-dealkylation sites (N-methyl/N-ethyl adjacent to an activating group) is 1. The number of piperazine rings is 1. The van der Waals surface area contributed by atoms with Gasteiger partial charge in [-0.3, -0.25) is 14.8 Å². The highest BCUT2D eigenvalue weighted by Gasteiger charge is 2.26. The monoisotopic (exact) mass is 369 g/mol. The molecule has 6 nitrogen and oxygen atoms in total. The molecule has 146 valence electrons. The predicted molar refractivity (Wildman–Crippen MR) is 108 cm³/mol. The van der Waals surface area contributed by atoms with Crippen molar-refractivity contribution in [1.82, 2.24) is 25.3 Å². The van der Waals surface area contributed by atoms with E-state index >= 15 is 0 Å². The summed E-state index contributed by atoms with van der Waals surface area (Å²) in [7, 11) is 2.18. The van der Waals surface area contributed by atoms with Crippen LogP contribution in [0.4, 0.5) is 0 Å². The topological polar surface area (TPSA) is 64.3 Å². The Balaban J connectivity index is 1.49. The van der Waals surface area contributed by atoms with Gasteiger partial charge in [-0.1, -0.05) is 44.2 Å². The normalized spacial score (nSPS) is 18.7. The third kappa shape index (κ3) is 5.17. The molecule has 1 aromatic carbocycles. The van der Waals surface area contributed by atoms with Crippen molar-refractivity contribution in [3.8, 4) is 0 Å². The molecule has 0 saturated carbocycles. The van der Waals surface area contributed by atoms with Crippen molar-refractivity contribution in [3.63, 3.8) is 0 Å². The first-order valence-corrected chi connectivity index (χ1v) is 9.85. The Kier molecular flexibility index (Phi) is 6.63. The minimum Gasteiger partial charge on any atom is -0.351 e. The predicted octanol–water partition coefficient (Wildman–Crippen LogP) is 2.64. The van der Waals surface area contributed by atoms with E-state index in [1.807, 2.05) is 6.07 Å². The quantitative estimate of drug-likeness (QED) is 0.737. The first-order valence-electron chi connectivity index (χ1n) is 9.85. The SMILES string of the molecule is CC(C)c1cc(C(=O)NCCCN2CCN(C)CC2c2ccccc2)n[nH]1. The molecule has 1 atom stereocenters. The van der Waals surface area contributed by atoms with Crippen LogP contribution >= 0.6 is 0 Å². The van der Waals surface area contributed by atoms with Crippen molar-refractivity contribution in [2.45, 2.75) is 32.2 Å². The third-order valence-corrected chi connectivity index (χ3v) is 5.24. The second-order valence-electron chi connectivity index (χ2n) is 7.70. The van der Waals surface area contributed by atoms with Crippen molar-refractivity contribution in [1.29, 1.82) is 0 Å². The maximum atomic E-state index is 12.2. The summed E-state index contributed by atoms with van der Waals surface area (Å²) >= 11 is 0. The molecule has 1 aliphatic heterocycles. The lowest BCUT2D eigenvalue weighted by molar-refractivity contribution is 0.0864. The zero-order valence-electron chi connectivity index (χ0n) is 16.6. The summed E-state index contributed by atoms with van der Waals surface area (Å²) < 4.78 is 0. The lowest BCUT2D eigenvalue weighted by atomic mass is 10.0. The van der Waals surface area contributed by atoms with E-state index in [0.717, 1.165) is 38.3 Å². The van der Waals surface area contributed by atoms with Crippen LogP contribution in [0.1, 0.15) is 54.0 Å². The minimum absolute atomic E-state index is 0.101. The van der Waals surface area contributed by atoms with Crippen LogP contribution in [0.2, 0.25) is 0 Å². The standard InChI is InChI=1S/C21H31N5O/c1-16(2)18-14-19(24-23-18)21(27)22-10-7-11-26-13-12-25(3)15-20(26)17-8-5-4-6-9-17/h4-6,8-9,14,16,20H,7,10-13,15H2,1-3H3,(H,22,27)(H,23,24). The lowest BCUT2D eigenvalue weighted by Crippen LogP contribution is -2.47. The number of hydrogen-bond acceptors (Lipinski definition) is 4. The second-order valence-corrected chi connectivity index (χ2v) is 7.70. The maximum absolute atomic E-state index is 12.2. The van der Waals surface area contributed by atoms with Crippen LogP contribution in [-0.4, -0.2) is 65.7 Å². The fourth-order valence-corrected chi connectivity index (χ4v) is 3.54. The van der Waals surface area contributed by atoms with Gasteiger partial charge in [0.1, 0.15) is 5.69 Å². The molecule has 2 N–H and O–H groups in total. The molecule has 3 rings (SSSR count). The van der Waals surface area contributed by atoms with Crippen molar-refractivity contribution >= 4 is 5.91 Å². The number of carbonyl (C=O) groups is 1. The van der Waals surface area contributed by atoms with E-state index in [0.29, 0.717) is 24.2 Å². The zero-order chi connectivity index (χ0) is 19.2. The molecule has 2 aromatic rings. The molecule has 1 unspecified atom stereocenters. The van der Waals surface area contributed by atoms with Crippen molar-refractivity contribution in [2.24, 2.45) is 0 Å². The number of aromatic nitrogens is 2. The fourth-order valence-electron chi connectivity index (χ4n) is 3.54. The first kappa shape index (κ1) is 19.6. The molecular formula is C21H31N5O. The van der Waals surface area contributed by atoms with Gasteiger partial charge >= 0.3 is 0 Å². The Labute approximate surface area is 161 Å². The molecule has 1 fully saturated rings. The Morgan fingerprint density at radius 2 is 2.07 bits per heavy atom. The highest BCUT2D eigenvalue weighted by molar-refractivity contribution is 5.92. The molecule has 0 spiro atoms. The molecule has 0 aliphatic carbocycles. The molecule has 0 bridgehead atoms. The highest BCUT2D eigenvalue weighted by atomic mass is 16.1. The molecule has 1 aliphatic rings. The van der Waals surface area contributed by atoms with E-state index in [1.165, 1.54) is 5.56 Å². The average molecular weight is 370 g/mol. The van der Waals surface area contributed by atoms with Gasteiger partial charge in [0.05, 0.1) is 0 Å². The number of aromatic amines is 1. The molecule has 2 heterocycles. The Morgan fingerprint density at radius 3 is 2.78 bits per heavy atom. The number of rotatable bonds is 7. The number of amides is 1. The smallest absolute Gasteiger partial charge is 0.271 e. The Morgan fingerprint density at radius 1 is 1.30 bits per heavy atom. The number of nitrogens with zero attached hydrogens (tertiary/aromatic N) is 3. The van der Waals surface area contributed by atoms with Crippen LogP contribution in [-0.2, 0) is 0 Å². The molecule has 27 heavy (non-hydrogen) atoms.